The molecule has 0 amide bonds. The van der Waals surface area contributed by atoms with Gasteiger partial charge < -0.3 is 10.7 Å². The lowest BCUT2D eigenvalue weighted by molar-refractivity contribution is 1.30. The minimum Gasteiger partial charge on any atom is -0.391 e. The average molecular weight is 242 g/mol. The number of anilines is 1. The topological polar surface area (TPSA) is 41.8 Å². The van der Waals surface area contributed by atoms with Gasteiger partial charge in [-0.15, -0.1) is 11.3 Å². The van der Waals surface area contributed by atoms with Gasteiger partial charge in [-0.3, -0.25) is 0 Å². The summed E-state index contributed by atoms with van der Waals surface area (Å²) < 4.78 is 0. The van der Waals surface area contributed by atoms with Crippen molar-refractivity contribution in [3.8, 4) is 11.1 Å². The van der Waals surface area contributed by atoms with E-state index in [9.17, 15) is 0 Å². The number of nitrogens with two attached hydrogens (primary N) is 1. The number of aromatic amines is 1. The minimum atomic E-state index is 0.878. The summed E-state index contributed by atoms with van der Waals surface area (Å²) in [6.45, 7) is 4.19. The Kier molecular flexibility index (Phi) is 2.23. The molecule has 2 heterocycles. The molecule has 0 aliphatic carbocycles. The molecule has 2 nitrogen and oxygen atoms in total. The number of benzene rings is 1. The first-order chi connectivity index (χ1) is 8.13. The number of nitrogen functional groups attached to an aromatic ring is 1. The van der Waals surface area contributed by atoms with E-state index >= 15 is 0 Å². The highest BCUT2D eigenvalue weighted by Gasteiger charge is 2.07. The van der Waals surface area contributed by atoms with Crippen molar-refractivity contribution in [3.63, 3.8) is 0 Å². The first-order valence-corrected chi connectivity index (χ1v) is 6.41. The number of nitrogens with one attached hydrogen (secondary N) is 1. The van der Waals surface area contributed by atoms with E-state index in [1.165, 1.54) is 32.6 Å². The minimum absolute atomic E-state index is 0.878. The standard InChI is InChI=1S/C14H14N2S/c1-8-5-11-6-10(3-4-13(11)16-8)12-7-14(15)17-9(12)2/h3-7,16H,15H2,1-2H3. The highest BCUT2D eigenvalue weighted by molar-refractivity contribution is 7.16. The van der Waals surface area contributed by atoms with E-state index in [2.05, 4.69) is 49.2 Å². The first-order valence-electron chi connectivity index (χ1n) is 5.59. The van der Waals surface area contributed by atoms with E-state index in [0.717, 1.165) is 5.00 Å². The Bertz CT molecular complexity index is 691. The Hall–Kier alpha value is -1.74. The van der Waals surface area contributed by atoms with Crippen LogP contribution in [0.15, 0.2) is 30.3 Å². The van der Waals surface area contributed by atoms with Crippen LogP contribution in [-0.2, 0) is 0 Å². The number of H-pyrrole nitrogens is 1. The van der Waals surface area contributed by atoms with Crippen molar-refractivity contribution in [1.29, 1.82) is 0 Å². The molecule has 0 radical (unpaired) electrons. The average Bonchev–Trinajstić information content (AvgIpc) is 2.78. The Morgan fingerprint density at radius 1 is 1.12 bits per heavy atom. The molecule has 3 heteroatoms. The maximum atomic E-state index is 5.85. The molecule has 0 aliphatic rings. The lowest BCUT2D eigenvalue weighted by atomic mass is 10.1. The lowest BCUT2D eigenvalue weighted by Gasteiger charge is -2.00. The van der Waals surface area contributed by atoms with Crippen molar-refractivity contribution in [1.82, 2.24) is 4.98 Å². The van der Waals surface area contributed by atoms with Crippen LogP contribution in [0.1, 0.15) is 10.6 Å². The van der Waals surface area contributed by atoms with E-state index < -0.39 is 0 Å². The van der Waals surface area contributed by atoms with Crippen LogP contribution in [0.2, 0.25) is 0 Å². The van der Waals surface area contributed by atoms with Crippen LogP contribution in [0, 0.1) is 13.8 Å². The molecule has 3 N–H and O–H groups in total. The zero-order chi connectivity index (χ0) is 12.0. The van der Waals surface area contributed by atoms with Crippen LogP contribution in [0.3, 0.4) is 0 Å². The molecule has 0 bridgehead atoms. The van der Waals surface area contributed by atoms with Crippen molar-refractivity contribution < 1.29 is 0 Å². The van der Waals surface area contributed by atoms with Crippen LogP contribution in [0.25, 0.3) is 22.0 Å². The number of thiophene rings is 1. The molecule has 0 unspecified atom stereocenters. The molecule has 0 atom stereocenters. The molecule has 3 aromatic rings. The normalized spacial score (nSPS) is 11.2. The Labute approximate surface area is 104 Å². The predicted octanol–water partition coefficient (Wildman–Crippen LogP) is 4.10. The number of rotatable bonds is 1. The van der Waals surface area contributed by atoms with Gasteiger partial charge in [0.05, 0.1) is 5.00 Å². The quantitative estimate of drug-likeness (QED) is 0.663. The van der Waals surface area contributed by atoms with Crippen molar-refractivity contribution in [3.05, 3.63) is 40.9 Å². The third-order valence-corrected chi connectivity index (χ3v) is 3.88. The van der Waals surface area contributed by atoms with E-state index in [-0.39, 0.29) is 0 Å². The van der Waals surface area contributed by atoms with Gasteiger partial charge in [0.15, 0.2) is 0 Å². The largest absolute Gasteiger partial charge is 0.391 e. The van der Waals surface area contributed by atoms with E-state index in [1.54, 1.807) is 11.3 Å². The maximum absolute atomic E-state index is 5.85. The summed E-state index contributed by atoms with van der Waals surface area (Å²) in [4.78, 5) is 4.61. The zero-order valence-electron chi connectivity index (χ0n) is 9.87. The molecule has 0 spiro atoms. The molecular formula is C14H14N2S. The van der Waals surface area contributed by atoms with E-state index in [1.807, 2.05) is 0 Å². The van der Waals surface area contributed by atoms with Crippen LogP contribution in [0.4, 0.5) is 5.00 Å². The molecule has 1 aromatic carbocycles. The SMILES string of the molecule is Cc1cc2cc(-c3cc(N)sc3C)ccc2[nH]1. The Morgan fingerprint density at radius 3 is 2.65 bits per heavy atom. The predicted molar refractivity (Wildman–Crippen MR) is 75.5 cm³/mol. The van der Waals surface area contributed by atoms with E-state index in [4.69, 9.17) is 5.73 Å². The van der Waals surface area contributed by atoms with Gasteiger partial charge in [-0.25, -0.2) is 0 Å². The van der Waals surface area contributed by atoms with Gasteiger partial charge in [-0.2, -0.15) is 0 Å². The van der Waals surface area contributed by atoms with Crippen LogP contribution >= 0.6 is 11.3 Å². The van der Waals surface area contributed by atoms with Gasteiger partial charge in [0.25, 0.3) is 0 Å². The fraction of sp³-hybridized carbons (Fsp3) is 0.143. The third kappa shape index (κ3) is 1.72. The van der Waals surface area contributed by atoms with Crippen molar-refractivity contribution in [2.24, 2.45) is 0 Å². The summed E-state index contributed by atoms with van der Waals surface area (Å²) in [5.41, 5.74) is 10.7. The summed E-state index contributed by atoms with van der Waals surface area (Å²) in [6.07, 6.45) is 0. The summed E-state index contributed by atoms with van der Waals surface area (Å²) in [5, 5.41) is 2.13. The number of hydrogen-bond acceptors (Lipinski definition) is 2. The second-order valence-corrected chi connectivity index (χ2v) is 5.66. The fourth-order valence-corrected chi connectivity index (χ4v) is 3.05. The second-order valence-electron chi connectivity index (χ2n) is 4.37. The number of fused-ring (bicyclic) bond motifs is 1. The van der Waals surface area contributed by atoms with Crippen LogP contribution in [0.5, 0.6) is 0 Å². The van der Waals surface area contributed by atoms with Crippen LogP contribution in [-0.4, -0.2) is 4.98 Å². The highest BCUT2D eigenvalue weighted by Crippen LogP contribution is 2.33. The molecule has 2 aromatic heterocycles. The first kappa shape index (κ1) is 10.4. The Balaban J connectivity index is 2.20. The summed E-state index contributed by atoms with van der Waals surface area (Å²) in [7, 11) is 0. The fourth-order valence-electron chi connectivity index (χ4n) is 2.24. The summed E-state index contributed by atoms with van der Waals surface area (Å²) in [5.74, 6) is 0. The van der Waals surface area contributed by atoms with Crippen molar-refractivity contribution >= 4 is 27.2 Å². The number of hydrogen-bond donors (Lipinski definition) is 2. The van der Waals surface area contributed by atoms with Crippen molar-refractivity contribution in [2.75, 3.05) is 5.73 Å². The third-order valence-electron chi connectivity index (χ3n) is 3.00. The van der Waals surface area contributed by atoms with Gasteiger partial charge in [-0.1, -0.05) is 6.07 Å². The maximum Gasteiger partial charge on any atom is 0.0865 e. The van der Waals surface area contributed by atoms with Crippen LogP contribution < -0.4 is 5.73 Å². The molecule has 0 aliphatic heterocycles. The Morgan fingerprint density at radius 2 is 1.94 bits per heavy atom. The lowest BCUT2D eigenvalue weighted by Crippen LogP contribution is -1.78. The molecule has 3 rings (SSSR count). The monoisotopic (exact) mass is 242 g/mol. The van der Waals surface area contributed by atoms with Crippen molar-refractivity contribution in [2.45, 2.75) is 13.8 Å². The number of aryl methyl sites for hydroxylation is 2. The zero-order valence-corrected chi connectivity index (χ0v) is 10.7. The van der Waals surface area contributed by atoms with Gasteiger partial charge >= 0.3 is 0 Å². The number of aromatic nitrogens is 1. The molecule has 0 fully saturated rings. The summed E-state index contributed by atoms with van der Waals surface area (Å²) in [6, 6.07) is 10.7. The summed E-state index contributed by atoms with van der Waals surface area (Å²) >= 11 is 1.64. The van der Waals surface area contributed by atoms with E-state index in [0.29, 0.717) is 0 Å². The second kappa shape index (κ2) is 3.64. The van der Waals surface area contributed by atoms with Gasteiger partial charge in [0.1, 0.15) is 0 Å². The van der Waals surface area contributed by atoms with Gasteiger partial charge in [0, 0.05) is 21.5 Å². The molecule has 0 saturated carbocycles. The molecular weight excluding hydrogens is 228 g/mol. The molecule has 86 valence electrons. The smallest absolute Gasteiger partial charge is 0.0865 e. The van der Waals surface area contributed by atoms with Gasteiger partial charge in [0.2, 0.25) is 0 Å². The highest BCUT2D eigenvalue weighted by atomic mass is 32.1. The van der Waals surface area contributed by atoms with Gasteiger partial charge in [-0.05, 0) is 49.2 Å². The molecule has 0 saturated heterocycles. The molecule has 17 heavy (non-hydrogen) atoms.